The van der Waals surface area contributed by atoms with E-state index in [4.69, 9.17) is 4.74 Å². The van der Waals surface area contributed by atoms with Crippen LogP contribution in [0, 0.1) is 0 Å². The molecule has 0 aliphatic carbocycles. The number of rotatable bonds is 8. The van der Waals surface area contributed by atoms with Gasteiger partial charge in [-0.15, -0.1) is 0 Å². The topological polar surface area (TPSA) is 15.7 Å². The molecular weight excluding hydrogens is 757 g/mol. The summed E-state index contributed by atoms with van der Waals surface area (Å²) in [4.78, 5) is 4.71. The molecule has 0 amide bonds. The average Bonchev–Trinajstić information content (AvgIpc) is 3.30. The van der Waals surface area contributed by atoms with E-state index < -0.39 is 8.07 Å². The zero-order chi connectivity index (χ0) is 41.1. The lowest BCUT2D eigenvalue weighted by Gasteiger charge is -2.28. The van der Waals surface area contributed by atoms with Crippen LogP contribution in [0.2, 0.25) is 19.6 Å². The van der Waals surface area contributed by atoms with Crippen molar-refractivity contribution in [2.24, 2.45) is 0 Å². The van der Waals surface area contributed by atoms with Crippen LogP contribution in [-0.2, 0) is 0 Å². The highest BCUT2D eigenvalue weighted by molar-refractivity contribution is 6.88. The van der Waals surface area contributed by atoms with E-state index in [0.717, 1.165) is 62.1 Å². The molecule has 10 aromatic rings. The van der Waals surface area contributed by atoms with Gasteiger partial charge in [0.15, 0.2) is 0 Å². The summed E-state index contributed by atoms with van der Waals surface area (Å²) in [6.07, 6.45) is 0. The fraction of sp³-hybridized carbons (Fsp3) is 0.0526. The van der Waals surface area contributed by atoms with Crippen molar-refractivity contribution in [2.45, 2.75) is 19.6 Å². The van der Waals surface area contributed by atoms with Crippen molar-refractivity contribution in [3.63, 3.8) is 0 Å². The van der Waals surface area contributed by atoms with E-state index in [1.54, 1.807) is 0 Å². The van der Waals surface area contributed by atoms with Crippen LogP contribution in [0.4, 0.5) is 34.1 Å². The van der Waals surface area contributed by atoms with Gasteiger partial charge in [0.2, 0.25) is 0 Å². The summed E-state index contributed by atoms with van der Waals surface area (Å²) >= 11 is 0. The van der Waals surface area contributed by atoms with Crippen molar-refractivity contribution >= 4 is 79.7 Å². The molecule has 0 N–H and O–H groups in total. The van der Waals surface area contributed by atoms with E-state index in [1.807, 2.05) is 0 Å². The van der Waals surface area contributed by atoms with Gasteiger partial charge in [0.1, 0.15) is 11.5 Å². The Hall–Kier alpha value is -7.40. The van der Waals surface area contributed by atoms with Crippen molar-refractivity contribution in [2.75, 3.05) is 9.80 Å². The van der Waals surface area contributed by atoms with E-state index in [1.165, 1.54) is 43.2 Å². The Morgan fingerprint density at radius 2 is 0.934 bits per heavy atom. The van der Waals surface area contributed by atoms with Crippen LogP contribution in [0.25, 0.3) is 54.6 Å². The number of fused-ring (bicyclic) bond motifs is 5. The summed E-state index contributed by atoms with van der Waals surface area (Å²) in [5.74, 6) is 1.75. The highest BCUT2D eigenvalue weighted by Gasteiger charge is 2.25. The number of para-hydroxylation sites is 3. The molecule has 0 radical (unpaired) electrons. The molecule has 0 spiro atoms. The van der Waals surface area contributed by atoms with Crippen LogP contribution in [0.15, 0.2) is 212 Å². The Balaban J connectivity index is 1.01. The van der Waals surface area contributed by atoms with E-state index >= 15 is 0 Å². The second kappa shape index (κ2) is 14.7. The van der Waals surface area contributed by atoms with Crippen LogP contribution >= 0.6 is 0 Å². The largest absolute Gasteiger partial charge is 0.456 e. The van der Waals surface area contributed by atoms with E-state index in [9.17, 15) is 0 Å². The maximum absolute atomic E-state index is 6.88. The van der Waals surface area contributed by atoms with Crippen LogP contribution in [0.5, 0.6) is 11.5 Å². The normalized spacial score (nSPS) is 12.0. The minimum absolute atomic E-state index is 0.870. The van der Waals surface area contributed by atoms with Gasteiger partial charge in [0, 0.05) is 44.8 Å². The molecule has 4 heteroatoms. The molecular formula is C57H44N2OSi. The Labute approximate surface area is 358 Å². The van der Waals surface area contributed by atoms with Crippen LogP contribution in [0.1, 0.15) is 0 Å². The minimum Gasteiger partial charge on any atom is -0.456 e. The first-order chi connectivity index (χ1) is 29.9. The SMILES string of the molecule is C[Si](C)(C)c1ccc(N(c2ccccc2)c2ccc(-c3ccc4c(c3)Oc3cccc5c3c-4cc3ccc(N(c4ccccc4)c4ccccc4)cc35)c3ccccc23)cc1. The maximum Gasteiger partial charge on any atom is 0.135 e. The molecule has 1 aliphatic heterocycles. The Bertz CT molecular complexity index is 3210. The fourth-order valence-electron chi connectivity index (χ4n) is 9.16. The molecule has 0 unspecified atom stereocenters. The first kappa shape index (κ1) is 36.7. The number of anilines is 6. The number of benzene rings is 10. The number of ether oxygens (including phenoxy) is 1. The molecule has 1 aliphatic rings. The van der Waals surface area contributed by atoms with Crippen LogP contribution in [-0.4, -0.2) is 8.07 Å². The van der Waals surface area contributed by atoms with E-state index in [-0.39, 0.29) is 0 Å². The second-order valence-corrected chi connectivity index (χ2v) is 22.1. The lowest BCUT2D eigenvalue weighted by Crippen LogP contribution is -2.37. The van der Waals surface area contributed by atoms with E-state index in [2.05, 4.69) is 242 Å². The smallest absolute Gasteiger partial charge is 0.135 e. The molecule has 0 saturated heterocycles. The monoisotopic (exact) mass is 800 g/mol. The molecule has 0 saturated carbocycles. The molecule has 11 rings (SSSR count). The van der Waals surface area contributed by atoms with Gasteiger partial charge in [-0.2, -0.15) is 0 Å². The lowest BCUT2D eigenvalue weighted by molar-refractivity contribution is 0.487. The van der Waals surface area contributed by atoms with Gasteiger partial charge >= 0.3 is 0 Å². The average molecular weight is 801 g/mol. The van der Waals surface area contributed by atoms with Gasteiger partial charge in [-0.05, 0) is 129 Å². The first-order valence-electron chi connectivity index (χ1n) is 21.1. The molecule has 0 fully saturated rings. The predicted molar refractivity (Wildman–Crippen MR) is 262 cm³/mol. The zero-order valence-corrected chi connectivity index (χ0v) is 35.5. The maximum atomic E-state index is 6.88. The molecule has 292 valence electrons. The molecule has 0 aromatic heterocycles. The van der Waals surface area contributed by atoms with Gasteiger partial charge in [-0.3, -0.25) is 0 Å². The van der Waals surface area contributed by atoms with Gasteiger partial charge < -0.3 is 14.5 Å². The first-order valence-corrected chi connectivity index (χ1v) is 24.6. The number of hydrogen-bond acceptors (Lipinski definition) is 3. The van der Waals surface area contributed by atoms with Gasteiger partial charge in [0.05, 0.1) is 13.8 Å². The van der Waals surface area contributed by atoms with Crippen molar-refractivity contribution in [1.29, 1.82) is 0 Å². The minimum atomic E-state index is -1.45. The Morgan fingerprint density at radius 1 is 0.361 bits per heavy atom. The number of nitrogens with zero attached hydrogens (tertiary/aromatic N) is 2. The summed E-state index contributed by atoms with van der Waals surface area (Å²) in [7, 11) is -1.45. The van der Waals surface area contributed by atoms with Crippen LogP contribution in [0.3, 0.4) is 0 Å². The van der Waals surface area contributed by atoms with Gasteiger partial charge in [-0.25, -0.2) is 0 Å². The lowest BCUT2D eigenvalue weighted by atomic mass is 9.89. The van der Waals surface area contributed by atoms with Crippen molar-refractivity contribution in [3.05, 3.63) is 212 Å². The zero-order valence-electron chi connectivity index (χ0n) is 34.5. The predicted octanol–water partition coefficient (Wildman–Crippen LogP) is 16.1. The summed E-state index contributed by atoms with van der Waals surface area (Å²) in [5.41, 5.74) is 11.4. The highest BCUT2D eigenvalue weighted by Crippen LogP contribution is 2.51. The fourth-order valence-corrected chi connectivity index (χ4v) is 10.3. The Morgan fingerprint density at radius 3 is 1.61 bits per heavy atom. The third-order valence-corrected chi connectivity index (χ3v) is 14.2. The summed E-state index contributed by atoms with van der Waals surface area (Å²) in [6, 6.07) is 76.8. The second-order valence-electron chi connectivity index (χ2n) is 17.0. The van der Waals surface area contributed by atoms with Crippen molar-refractivity contribution in [3.8, 4) is 33.8 Å². The van der Waals surface area contributed by atoms with Gasteiger partial charge in [-0.1, -0.05) is 146 Å². The Kier molecular flexibility index (Phi) is 8.83. The van der Waals surface area contributed by atoms with Crippen molar-refractivity contribution < 1.29 is 4.74 Å². The standard InChI is InChI=1S/C57H44N2OSi/c1-61(2,3)46-31-29-44(30-32-46)59(43-20-11-6-12-21-43)54-35-34-47(48-22-13-14-23-49(48)54)40-27-33-50-53-36-39-26-28-45(58(41-16-7-4-8-17-41)42-18-9-5-10-19-42)38-52(39)51-24-15-25-55(57(51)53)60-56(50)37-40/h4-38H,1-3H3. The molecule has 0 atom stereocenters. The summed E-state index contributed by atoms with van der Waals surface area (Å²) in [6.45, 7) is 7.20. The molecule has 0 bridgehead atoms. The third-order valence-electron chi connectivity index (χ3n) is 12.2. The quantitative estimate of drug-likeness (QED) is 0.112. The molecule has 1 heterocycles. The summed E-state index contributed by atoms with van der Waals surface area (Å²) in [5, 5.41) is 8.56. The molecule has 3 nitrogen and oxygen atoms in total. The molecule has 10 aromatic carbocycles. The summed E-state index contributed by atoms with van der Waals surface area (Å²) < 4.78 is 6.88. The van der Waals surface area contributed by atoms with Gasteiger partial charge in [0.25, 0.3) is 0 Å². The van der Waals surface area contributed by atoms with Crippen LogP contribution < -0.4 is 19.7 Å². The molecule has 61 heavy (non-hydrogen) atoms. The third kappa shape index (κ3) is 6.44. The van der Waals surface area contributed by atoms with E-state index in [0.29, 0.717) is 0 Å². The number of hydrogen-bond donors (Lipinski definition) is 0. The highest BCUT2D eigenvalue weighted by atomic mass is 28.3. The van der Waals surface area contributed by atoms with Crippen molar-refractivity contribution in [1.82, 2.24) is 0 Å².